The van der Waals surface area contributed by atoms with Crippen LogP contribution in [-0.4, -0.2) is 30.4 Å². The molecule has 2 rings (SSSR count). The molecule has 1 N–H and O–H groups in total. The van der Waals surface area contributed by atoms with Crippen LogP contribution in [0.3, 0.4) is 0 Å². The molecule has 0 radical (unpaired) electrons. The number of aryl methyl sites for hydroxylation is 1. The number of benzene rings is 1. The van der Waals surface area contributed by atoms with Crippen molar-refractivity contribution in [3.63, 3.8) is 0 Å². The van der Waals surface area contributed by atoms with Crippen molar-refractivity contribution in [3.8, 4) is 0 Å². The topological polar surface area (TPSA) is 32.3 Å². The van der Waals surface area contributed by atoms with Crippen molar-refractivity contribution in [3.05, 3.63) is 29.3 Å². The molecule has 0 aliphatic carbocycles. The second-order valence-corrected chi connectivity index (χ2v) is 5.99. The van der Waals surface area contributed by atoms with Crippen LogP contribution in [0.2, 0.25) is 0 Å². The number of likely N-dealkylation sites (tertiary alicyclic amines) is 1. The molecule has 0 aromatic heterocycles. The summed E-state index contributed by atoms with van der Waals surface area (Å²) in [6.45, 7) is 9.08. The number of amides is 1. The molecule has 0 unspecified atom stereocenters. The van der Waals surface area contributed by atoms with Crippen molar-refractivity contribution in [1.29, 1.82) is 0 Å². The van der Waals surface area contributed by atoms with Gasteiger partial charge in [-0.3, -0.25) is 4.79 Å². The van der Waals surface area contributed by atoms with Crippen LogP contribution < -0.4 is 5.32 Å². The summed E-state index contributed by atoms with van der Waals surface area (Å²) in [5, 5.41) is 3.39. The van der Waals surface area contributed by atoms with E-state index in [1.807, 2.05) is 4.90 Å². The molecular weight excluding hydrogens is 248 g/mol. The van der Waals surface area contributed by atoms with Crippen LogP contribution in [0, 0.1) is 19.8 Å². The van der Waals surface area contributed by atoms with Crippen molar-refractivity contribution in [2.24, 2.45) is 5.92 Å². The first-order valence-electron chi connectivity index (χ1n) is 7.66. The van der Waals surface area contributed by atoms with E-state index in [9.17, 15) is 4.79 Å². The van der Waals surface area contributed by atoms with Gasteiger partial charge < -0.3 is 10.2 Å². The van der Waals surface area contributed by atoms with Gasteiger partial charge in [-0.25, -0.2) is 0 Å². The molecule has 20 heavy (non-hydrogen) atoms. The molecule has 110 valence electrons. The number of carbonyl (C=O) groups is 1. The standard InChI is InChI=1S/C17H26N2O/c1-13-8-11-19(12-9-13)17(20)7-10-18-16-6-4-5-14(2)15(16)3/h4-6,13,18H,7-12H2,1-3H3. The van der Waals surface area contributed by atoms with Crippen LogP contribution in [0.5, 0.6) is 0 Å². The summed E-state index contributed by atoms with van der Waals surface area (Å²) in [5.74, 6) is 1.06. The number of carbonyl (C=O) groups excluding carboxylic acids is 1. The highest BCUT2D eigenvalue weighted by molar-refractivity contribution is 5.76. The zero-order valence-corrected chi connectivity index (χ0v) is 12.9. The Labute approximate surface area is 122 Å². The van der Waals surface area contributed by atoms with Crippen LogP contribution in [0.4, 0.5) is 5.69 Å². The highest BCUT2D eigenvalue weighted by Crippen LogP contribution is 2.19. The lowest BCUT2D eigenvalue weighted by Crippen LogP contribution is -2.38. The Hall–Kier alpha value is -1.51. The summed E-state index contributed by atoms with van der Waals surface area (Å²) in [7, 11) is 0. The summed E-state index contributed by atoms with van der Waals surface area (Å²) < 4.78 is 0. The monoisotopic (exact) mass is 274 g/mol. The van der Waals surface area contributed by atoms with Gasteiger partial charge >= 0.3 is 0 Å². The van der Waals surface area contributed by atoms with Crippen LogP contribution in [0.1, 0.15) is 37.3 Å². The second-order valence-electron chi connectivity index (χ2n) is 5.99. The van der Waals surface area contributed by atoms with Gasteiger partial charge in [-0.1, -0.05) is 19.1 Å². The fourth-order valence-corrected chi connectivity index (χ4v) is 2.66. The maximum atomic E-state index is 12.1. The molecular formula is C17H26N2O. The second kappa shape index (κ2) is 6.78. The third-order valence-corrected chi connectivity index (χ3v) is 4.40. The first kappa shape index (κ1) is 14.9. The van der Waals surface area contributed by atoms with Gasteiger partial charge in [-0.2, -0.15) is 0 Å². The molecule has 1 aliphatic heterocycles. The Morgan fingerprint density at radius 2 is 2.00 bits per heavy atom. The summed E-state index contributed by atoms with van der Waals surface area (Å²) in [4.78, 5) is 14.2. The molecule has 1 aromatic rings. The number of anilines is 1. The van der Waals surface area contributed by atoms with E-state index in [4.69, 9.17) is 0 Å². The van der Waals surface area contributed by atoms with E-state index < -0.39 is 0 Å². The quantitative estimate of drug-likeness (QED) is 0.913. The fourth-order valence-electron chi connectivity index (χ4n) is 2.66. The van der Waals surface area contributed by atoms with Gasteiger partial charge in [0.15, 0.2) is 0 Å². The first-order chi connectivity index (χ1) is 9.58. The average molecular weight is 274 g/mol. The number of hydrogen-bond acceptors (Lipinski definition) is 2. The first-order valence-corrected chi connectivity index (χ1v) is 7.66. The minimum Gasteiger partial charge on any atom is -0.384 e. The van der Waals surface area contributed by atoms with Crippen molar-refractivity contribution in [2.45, 2.75) is 40.0 Å². The number of nitrogens with one attached hydrogen (secondary N) is 1. The van der Waals surface area contributed by atoms with Gasteiger partial charge in [0.1, 0.15) is 0 Å². The van der Waals surface area contributed by atoms with Crippen molar-refractivity contribution in [1.82, 2.24) is 4.90 Å². The van der Waals surface area contributed by atoms with Gasteiger partial charge in [-0.05, 0) is 49.8 Å². The predicted octanol–water partition coefficient (Wildman–Crippen LogP) is 3.36. The molecule has 1 heterocycles. The van der Waals surface area contributed by atoms with Gasteiger partial charge in [0.25, 0.3) is 0 Å². The molecule has 1 aromatic carbocycles. The summed E-state index contributed by atoms with van der Waals surface area (Å²) in [6.07, 6.45) is 2.88. The lowest BCUT2D eigenvalue weighted by atomic mass is 9.99. The minimum atomic E-state index is 0.287. The SMILES string of the molecule is Cc1cccc(NCCC(=O)N2CCC(C)CC2)c1C. The number of nitrogens with zero attached hydrogens (tertiary/aromatic N) is 1. The smallest absolute Gasteiger partial charge is 0.224 e. The zero-order valence-electron chi connectivity index (χ0n) is 12.9. The fraction of sp³-hybridized carbons (Fsp3) is 0.588. The summed E-state index contributed by atoms with van der Waals surface area (Å²) in [5.41, 5.74) is 3.70. The Kier molecular flexibility index (Phi) is 5.05. The number of piperidine rings is 1. The normalized spacial score (nSPS) is 16.2. The molecule has 1 amide bonds. The molecule has 3 heteroatoms. The molecule has 1 fully saturated rings. The minimum absolute atomic E-state index is 0.287. The van der Waals surface area contributed by atoms with Crippen LogP contribution >= 0.6 is 0 Å². The van der Waals surface area contributed by atoms with E-state index in [0.717, 1.165) is 44.1 Å². The van der Waals surface area contributed by atoms with Crippen molar-refractivity contribution >= 4 is 11.6 Å². The molecule has 1 aliphatic rings. The van der Waals surface area contributed by atoms with Crippen molar-refractivity contribution < 1.29 is 4.79 Å². The maximum Gasteiger partial charge on any atom is 0.224 e. The lowest BCUT2D eigenvalue weighted by molar-refractivity contribution is -0.132. The Morgan fingerprint density at radius 3 is 2.70 bits per heavy atom. The highest BCUT2D eigenvalue weighted by Gasteiger charge is 2.19. The van der Waals surface area contributed by atoms with E-state index in [1.165, 1.54) is 11.1 Å². The average Bonchev–Trinajstić information content (AvgIpc) is 2.44. The number of rotatable bonds is 4. The predicted molar refractivity (Wildman–Crippen MR) is 84.0 cm³/mol. The van der Waals surface area contributed by atoms with Gasteiger partial charge in [0, 0.05) is 31.7 Å². The highest BCUT2D eigenvalue weighted by atomic mass is 16.2. The molecule has 0 bridgehead atoms. The third kappa shape index (κ3) is 3.75. The van der Waals surface area contributed by atoms with Crippen molar-refractivity contribution in [2.75, 3.05) is 25.0 Å². The molecule has 0 atom stereocenters. The van der Waals surface area contributed by atoms with Crippen LogP contribution in [-0.2, 0) is 4.79 Å². The maximum absolute atomic E-state index is 12.1. The molecule has 1 saturated heterocycles. The van der Waals surface area contributed by atoms with E-state index >= 15 is 0 Å². The van der Waals surface area contributed by atoms with E-state index in [-0.39, 0.29) is 5.91 Å². The van der Waals surface area contributed by atoms with Crippen LogP contribution in [0.15, 0.2) is 18.2 Å². The van der Waals surface area contributed by atoms with Crippen LogP contribution in [0.25, 0.3) is 0 Å². The van der Waals surface area contributed by atoms with Gasteiger partial charge in [0.2, 0.25) is 5.91 Å². The van der Waals surface area contributed by atoms with Gasteiger partial charge in [-0.15, -0.1) is 0 Å². The number of hydrogen-bond donors (Lipinski definition) is 1. The third-order valence-electron chi connectivity index (χ3n) is 4.40. The van der Waals surface area contributed by atoms with E-state index in [0.29, 0.717) is 6.42 Å². The van der Waals surface area contributed by atoms with Gasteiger partial charge in [0.05, 0.1) is 0 Å². The molecule has 3 nitrogen and oxygen atoms in total. The molecule has 0 saturated carbocycles. The Balaban J connectivity index is 1.78. The zero-order chi connectivity index (χ0) is 14.5. The Morgan fingerprint density at radius 1 is 1.30 bits per heavy atom. The molecule has 0 spiro atoms. The lowest BCUT2D eigenvalue weighted by Gasteiger charge is -2.30. The summed E-state index contributed by atoms with van der Waals surface area (Å²) >= 11 is 0. The summed E-state index contributed by atoms with van der Waals surface area (Å²) in [6, 6.07) is 6.24. The van der Waals surface area contributed by atoms with E-state index in [2.05, 4.69) is 44.3 Å². The Bertz CT molecular complexity index is 462. The van der Waals surface area contributed by atoms with E-state index in [1.54, 1.807) is 0 Å². The largest absolute Gasteiger partial charge is 0.384 e.